The van der Waals surface area contributed by atoms with Crippen LogP contribution >= 0.6 is 0 Å². The van der Waals surface area contributed by atoms with Gasteiger partial charge in [-0.25, -0.2) is 8.42 Å². The van der Waals surface area contributed by atoms with Gasteiger partial charge in [0, 0.05) is 11.5 Å². The van der Waals surface area contributed by atoms with E-state index in [-0.39, 0.29) is 40.3 Å². The third-order valence-electron chi connectivity index (χ3n) is 8.27. The second-order valence-electron chi connectivity index (χ2n) is 10.2. The molecule has 168 valence electrons. The highest BCUT2D eigenvalue weighted by Gasteiger charge is 2.59. The standard InChI is InChI=1S/C22H30N4O4S/c23-16-4-1-2-5-17(16)31(29,30)26-22(6-3-7-22)20(28)25-18-14-8-13-9-15(18)12-21(10-13,11-14)19(24)27/h1-2,4-5,13-15,18,26H,3,6-12,23H2,(H2,24,27)(H,25,28). The fourth-order valence-corrected chi connectivity index (χ4v) is 8.35. The van der Waals surface area contributed by atoms with Crippen molar-refractivity contribution in [2.75, 3.05) is 5.73 Å². The fraction of sp³-hybridized carbons (Fsp3) is 0.636. The van der Waals surface area contributed by atoms with Crippen molar-refractivity contribution in [3.8, 4) is 0 Å². The zero-order valence-electron chi connectivity index (χ0n) is 17.5. The number of para-hydroxylation sites is 1. The van der Waals surface area contributed by atoms with Crippen molar-refractivity contribution in [3.63, 3.8) is 0 Å². The zero-order chi connectivity index (χ0) is 22.0. The highest BCUT2D eigenvalue weighted by Crippen LogP contribution is 2.60. The monoisotopic (exact) mass is 446 g/mol. The highest BCUT2D eigenvalue weighted by atomic mass is 32.2. The van der Waals surface area contributed by atoms with Crippen LogP contribution in [0.4, 0.5) is 5.69 Å². The molecule has 6 N–H and O–H groups in total. The smallest absolute Gasteiger partial charge is 0.243 e. The third-order valence-corrected chi connectivity index (χ3v) is 9.88. The van der Waals surface area contributed by atoms with E-state index in [1.807, 2.05) is 0 Å². The Morgan fingerprint density at radius 2 is 1.68 bits per heavy atom. The molecule has 2 amide bonds. The molecule has 2 unspecified atom stereocenters. The van der Waals surface area contributed by atoms with Crippen LogP contribution in [0.1, 0.15) is 51.4 Å². The molecule has 1 aromatic carbocycles. The molecule has 5 aliphatic rings. The number of benzene rings is 1. The van der Waals surface area contributed by atoms with Gasteiger partial charge in [0.25, 0.3) is 0 Å². The maximum absolute atomic E-state index is 13.4. The molecule has 0 radical (unpaired) electrons. The van der Waals surface area contributed by atoms with E-state index in [9.17, 15) is 18.0 Å². The molecule has 8 nitrogen and oxygen atoms in total. The fourth-order valence-electron chi connectivity index (χ4n) is 6.79. The minimum atomic E-state index is -3.93. The summed E-state index contributed by atoms with van der Waals surface area (Å²) in [6.45, 7) is 0. The first kappa shape index (κ1) is 20.8. The van der Waals surface area contributed by atoms with Crippen LogP contribution in [0.2, 0.25) is 0 Å². The first-order valence-electron chi connectivity index (χ1n) is 11.1. The molecule has 5 fully saturated rings. The van der Waals surface area contributed by atoms with E-state index in [1.165, 1.54) is 12.1 Å². The van der Waals surface area contributed by atoms with E-state index in [1.54, 1.807) is 12.1 Å². The number of amides is 2. The number of hydrogen-bond acceptors (Lipinski definition) is 5. The number of carbonyl (C=O) groups is 2. The summed E-state index contributed by atoms with van der Waals surface area (Å²) in [5.41, 5.74) is 10.2. The van der Waals surface area contributed by atoms with Crippen LogP contribution < -0.4 is 21.5 Å². The van der Waals surface area contributed by atoms with Crippen molar-refractivity contribution in [2.45, 2.75) is 67.8 Å². The van der Waals surface area contributed by atoms with Crippen LogP contribution in [-0.2, 0) is 19.6 Å². The molecule has 2 atom stereocenters. The SMILES string of the molecule is NC(=O)C12CC3CC(C1)C(NC(=O)C1(NS(=O)(=O)c4ccccc4N)CCC1)C(C3)C2. The van der Waals surface area contributed by atoms with Crippen LogP contribution in [0.15, 0.2) is 29.2 Å². The lowest BCUT2D eigenvalue weighted by atomic mass is 9.47. The van der Waals surface area contributed by atoms with Gasteiger partial charge in [-0.3, -0.25) is 9.59 Å². The maximum atomic E-state index is 13.4. The van der Waals surface area contributed by atoms with Crippen LogP contribution in [0, 0.1) is 23.2 Å². The van der Waals surface area contributed by atoms with E-state index in [2.05, 4.69) is 10.0 Å². The summed E-state index contributed by atoms with van der Waals surface area (Å²) >= 11 is 0. The van der Waals surface area contributed by atoms with Gasteiger partial charge in [0.1, 0.15) is 10.4 Å². The number of hydrogen-bond donors (Lipinski definition) is 4. The Morgan fingerprint density at radius 3 is 2.23 bits per heavy atom. The molecule has 9 heteroatoms. The quantitative estimate of drug-likeness (QED) is 0.486. The number of primary amides is 1. The molecule has 4 bridgehead atoms. The number of carbonyl (C=O) groups excluding carboxylic acids is 2. The van der Waals surface area contributed by atoms with E-state index in [0.717, 1.165) is 38.5 Å². The molecule has 6 rings (SSSR count). The molecular weight excluding hydrogens is 416 g/mol. The molecule has 1 aromatic rings. The lowest BCUT2D eigenvalue weighted by Gasteiger charge is -2.59. The summed E-state index contributed by atoms with van der Waals surface area (Å²) in [4.78, 5) is 25.5. The van der Waals surface area contributed by atoms with Gasteiger partial charge in [-0.15, -0.1) is 0 Å². The minimum Gasteiger partial charge on any atom is -0.398 e. The van der Waals surface area contributed by atoms with Gasteiger partial charge in [0.2, 0.25) is 21.8 Å². The predicted molar refractivity (Wildman–Crippen MR) is 115 cm³/mol. The normalized spacial score (nSPS) is 35.4. The third kappa shape index (κ3) is 3.24. The molecule has 5 aliphatic carbocycles. The molecule has 0 spiro atoms. The maximum Gasteiger partial charge on any atom is 0.243 e. The highest BCUT2D eigenvalue weighted by molar-refractivity contribution is 7.89. The molecule has 0 saturated heterocycles. The number of anilines is 1. The van der Waals surface area contributed by atoms with Crippen LogP contribution in [-0.4, -0.2) is 31.8 Å². The van der Waals surface area contributed by atoms with E-state index in [0.29, 0.717) is 18.8 Å². The number of nitrogens with one attached hydrogen (secondary N) is 2. The first-order chi connectivity index (χ1) is 14.6. The van der Waals surface area contributed by atoms with E-state index >= 15 is 0 Å². The van der Waals surface area contributed by atoms with Gasteiger partial charge in [-0.1, -0.05) is 12.1 Å². The van der Waals surface area contributed by atoms with Crippen molar-refractivity contribution in [3.05, 3.63) is 24.3 Å². The van der Waals surface area contributed by atoms with Gasteiger partial charge in [-0.05, 0) is 81.3 Å². The predicted octanol–water partition coefficient (Wildman–Crippen LogP) is 1.27. The largest absolute Gasteiger partial charge is 0.398 e. The van der Waals surface area contributed by atoms with Gasteiger partial charge in [0.05, 0.1) is 5.69 Å². The molecule has 0 aromatic heterocycles. The minimum absolute atomic E-state index is 0.00732. The van der Waals surface area contributed by atoms with E-state index in [4.69, 9.17) is 11.5 Å². The van der Waals surface area contributed by atoms with Gasteiger partial charge < -0.3 is 16.8 Å². The second kappa shape index (κ2) is 6.93. The first-order valence-corrected chi connectivity index (χ1v) is 12.6. The summed E-state index contributed by atoms with van der Waals surface area (Å²) in [5.74, 6) is 0.473. The molecule has 0 heterocycles. The van der Waals surface area contributed by atoms with Crippen molar-refractivity contribution >= 4 is 27.5 Å². The molecule has 31 heavy (non-hydrogen) atoms. The lowest BCUT2D eigenvalue weighted by molar-refractivity contribution is -0.149. The zero-order valence-corrected chi connectivity index (χ0v) is 18.3. The summed E-state index contributed by atoms with van der Waals surface area (Å²) in [5, 5.41) is 3.20. The Kier molecular flexibility index (Phi) is 4.64. The number of rotatable bonds is 6. The van der Waals surface area contributed by atoms with Crippen molar-refractivity contribution in [2.24, 2.45) is 28.9 Å². The Labute approximate surface area is 182 Å². The molecular formula is C22H30N4O4S. The Hall–Kier alpha value is -2.13. The number of nitrogen functional groups attached to an aromatic ring is 1. The Morgan fingerprint density at radius 1 is 1.03 bits per heavy atom. The lowest BCUT2D eigenvalue weighted by Crippen LogP contribution is -2.68. The Balaban J connectivity index is 1.34. The summed E-state index contributed by atoms with van der Waals surface area (Å²) in [6, 6.07) is 6.24. The van der Waals surface area contributed by atoms with Gasteiger partial charge in [-0.2, -0.15) is 4.72 Å². The van der Waals surface area contributed by atoms with Crippen molar-refractivity contribution in [1.82, 2.24) is 10.0 Å². The summed E-state index contributed by atoms with van der Waals surface area (Å²) in [6.07, 6.45) is 6.01. The average molecular weight is 447 g/mol. The van der Waals surface area contributed by atoms with E-state index < -0.39 is 21.0 Å². The van der Waals surface area contributed by atoms with Crippen LogP contribution in [0.25, 0.3) is 0 Å². The van der Waals surface area contributed by atoms with Gasteiger partial charge >= 0.3 is 0 Å². The Bertz CT molecular complexity index is 1020. The molecule has 5 saturated carbocycles. The number of sulfonamides is 1. The van der Waals surface area contributed by atoms with Crippen molar-refractivity contribution in [1.29, 1.82) is 0 Å². The topological polar surface area (TPSA) is 144 Å². The van der Waals surface area contributed by atoms with Crippen molar-refractivity contribution < 1.29 is 18.0 Å². The average Bonchev–Trinajstić information content (AvgIpc) is 2.67. The summed E-state index contributed by atoms with van der Waals surface area (Å²) < 4.78 is 28.7. The summed E-state index contributed by atoms with van der Waals surface area (Å²) in [7, 11) is -3.93. The second-order valence-corrected chi connectivity index (χ2v) is 11.8. The molecule has 0 aliphatic heterocycles. The van der Waals surface area contributed by atoms with Crippen LogP contribution in [0.5, 0.6) is 0 Å². The van der Waals surface area contributed by atoms with Crippen LogP contribution in [0.3, 0.4) is 0 Å². The van der Waals surface area contributed by atoms with Gasteiger partial charge in [0.15, 0.2) is 0 Å². The number of nitrogens with two attached hydrogens (primary N) is 2.